The Balaban J connectivity index is 0.00000200. The number of benzene rings is 1. The van der Waals surface area contributed by atoms with E-state index >= 15 is 0 Å². The highest BCUT2D eigenvalue weighted by Crippen LogP contribution is 2.34. The summed E-state index contributed by atoms with van der Waals surface area (Å²) in [6, 6.07) is 6.41. The van der Waals surface area contributed by atoms with Gasteiger partial charge in [-0.3, -0.25) is 4.90 Å². The van der Waals surface area contributed by atoms with Gasteiger partial charge in [0.25, 0.3) is 0 Å². The topological polar surface area (TPSA) is 15.3 Å². The highest BCUT2D eigenvalue weighted by Gasteiger charge is 2.24. The van der Waals surface area contributed by atoms with Crippen molar-refractivity contribution in [3.8, 4) is 0 Å². The monoisotopic (exact) mass is 414 g/mol. The smallest absolute Gasteiger partial charge is 0.0454 e. The molecule has 1 atom stereocenters. The van der Waals surface area contributed by atoms with Crippen molar-refractivity contribution in [2.45, 2.75) is 19.4 Å². The van der Waals surface area contributed by atoms with Crippen LogP contribution in [-0.2, 0) is 0 Å². The zero-order valence-corrected chi connectivity index (χ0v) is 16.0. The molecular formula is C15H22BrCl3N2. The van der Waals surface area contributed by atoms with Crippen LogP contribution in [0, 0.1) is 0 Å². The van der Waals surface area contributed by atoms with Gasteiger partial charge in [-0.2, -0.15) is 0 Å². The van der Waals surface area contributed by atoms with Crippen LogP contribution in [-0.4, -0.2) is 31.1 Å². The molecule has 0 spiro atoms. The molecule has 0 aromatic heterocycles. The molecule has 1 heterocycles. The summed E-state index contributed by atoms with van der Waals surface area (Å²) in [5, 5.41) is 4.23. The molecule has 6 heteroatoms. The fourth-order valence-electron chi connectivity index (χ4n) is 2.53. The summed E-state index contributed by atoms with van der Waals surface area (Å²) in [6.45, 7) is 10.3. The quantitative estimate of drug-likeness (QED) is 0.705. The first-order valence-electron chi connectivity index (χ1n) is 6.62. The molecule has 0 saturated carbocycles. The minimum Gasteiger partial charge on any atom is -0.314 e. The van der Waals surface area contributed by atoms with E-state index in [1.807, 2.05) is 12.1 Å². The minimum atomic E-state index is 0. The van der Waals surface area contributed by atoms with Gasteiger partial charge in [-0.05, 0) is 37.1 Å². The van der Waals surface area contributed by atoms with Gasteiger partial charge in [-0.25, -0.2) is 0 Å². The summed E-state index contributed by atoms with van der Waals surface area (Å²) in [5.41, 5.74) is 2.39. The summed E-state index contributed by atoms with van der Waals surface area (Å²) in [5.74, 6) is 0. The molecule has 2 rings (SSSR count). The van der Waals surface area contributed by atoms with E-state index in [-0.39, 0.29) is 24.8 Å². The normalized spacial score (nSPS) is 16.5. The largest absolute Gasteiger partial charge is 0.314 e. The maximum Gasteiger partial charge on any atom is 0.0454 e. The molecule has 1 aromatic carbocycles. The maximum absolute atomic E-state index is 6.40. The van der Waals surface area contributed by atoms with Crippen molar-refractivity contribution in [3.63, 3.8) is 0 Å². The van der Waals surface area contributed by atoms with Crippen LogP contribution in [0.25, 0.3) is 0 Å². The molecule has 1 aliphatic rings. The Hall–Kier alpha value is 0.230. The van der Waals surface area contributed by atoms with Crippen molar-refractivity contribution in [1.29, 1.82) is 0 Å². The zero-order valence-electron chi connectivity index (χ0n) is 12.1. The maximum atomic E-state index is 6.40. The van der Waals surface area contributed by atoms with E-state index in [4.69, 9.17) is 11.6 Å². The third-order valence-electron chi connectivity index (χ3n) is 3.45. The first kappa shape index (κ1) is 21.2. The van der Waals surface area contributed by atoms with Gasteiger partial charge >= 0.3 is 0 Å². The lowest BCUT2D eigenvalue weighted by Gasteiger charge is -2.36. The molecule has 21 heavy (non-hydrogen) atoms. The number of hydrogen-bond acceptors (Lipinski definition) is 2. The van der Waals surface area contributed by atoms with Crippen LogP contribution >= 0.6 is 52.3 Å². The second-order valence-electron chi connectivity index (χ2n) is 5.13. The molecule has 0 bridgehead atoms. The number of hydrogen-bond donors (Lipinski definition) is 1. The molecule has 0 radical (unpaired) electrons. The van der Waals surface area contributed by atoms with E-state index < -0.39 is 0 Å². The average molecular weight is 417 g/mol. The van der Waals surface area contributed by atoms with E-state index in [1.54, 1.807) is 0 Å². The standard InChI is InChI=1S/C15H20BrClN2.2ClH/c1-11(2)9-15(19-7-5-18-6-8-19)13-10-12(16)3-4-14(13)17;;/h3-4,10,15,18H,1,5-9H2,2H3;2*1H/t15-;;/m1../s1. The Morgan fingerprint density at radius 1 is 1.38 bits per heavy atom. The molecule has 1 saturated heterocycles. The molecule has 1 N–H and O–H groups in total. The molecular weight excluding hydrogens is 394 g/mol. The predicted molar refractivity (Wildman–Crippen MR) is 100 cm³/mol. The highest BCUT2D eigenvalue weighted by atomic mass is 79.9. The van der Waals surface area contributed by atoms with E-state index in [1.165, 1.54) is 11.1 Å². The Labute approximate surface area is 153 Å². The Morgan fingerprint density at radius 2 is 2.00 bits per heavy atom. The highest BCUT2D eigenvalue weighted by molar-refractivity contribution is 9.10. The summed E-state index contributed by atoms with van der Waals surface area (Å²) < 4.78 is 1.08. The van der Waals surface area contributed by atoms with Crippen molar-refractivity contribution in [3.05, 3.63) is 45.4 Å². The fourth-order valence-corrected chi connectivity index (χ4v) is 3.15. The Morgan fingerprint density at radius 3 is 2.57 bits per heavy atom. The number of nitrogens with one attached hydrogen (secondary N) is 1. The first-order valence-corrected chi connectivity index (χ1v) is 7.79. The summed E-state index contributed by atoms with van der Waals surface area (Å²) >= 11 is 9.94. The van der Waals surface area contributed by atoms with Gasteiger partial charge in [-0.1, -0.05) is 33.1 Å². The van der Waals surface area contributed by atoms with E-state index in [0.717, 1.165) is 42.1 Å². The lowest BCUT2D eigenvalue weighted by Crippen LogP contribution is -2.45. The molecule has 2 nitrogen and oxygen atoms in total. The molecule has 1 aliphatic heterocycles. The minimum absolute atomic E-state index is 0. The first-order chi connectivity index (χ1) is 9.08. The van der Waals surface area contributed by atoms with Gasteiger partial charge in [0.05, 0.1) is 0 Å². The van der Waals surface area contributed by atoms with Gasteiger partial charge in [0.1, 0.15) is 0 Å². The third-order valence-corrected chi connectivity index (χ3v) is 4.29. The fraction of sp³-hybridized carbons (Fsp3) is 0.467. The SMILES string of the molecule is C=C(C)C[C@H](c1cc(Br)ccc1Cl)N1CCNCC1.Cl.Cl. The average Bonchev–Trinajstić information content (AvgIpc) is 2.40. The van der Waals surface area contributed by atoms with E-state index in [0.29, 0.717) is 6.04 Å². The number of halogens is 4. The number of nitrogens with zero attached hydrogens (tertiary/aromatic N) is 1. The van der Waals surface area contributed by atoms with Gasteiger partial charge < -0.3 is 5.32 Å². The van der Waals surface area contributed by atoms with Gasteiger partial charge in [-0.15, -0.1) is 31.4 Å². The van der Waals surface area contributed by atoms with Crippen LogP contribution in [0.1, 0.15) is 24.9 Å². The summed E-state index contributed by atoms with van der Waals surface area (Å²) in [7, 11) is 0. The third kappa shape index (κ3) is 6.09. The second kappa shape index (κ2) is 10.1. The summed E-state index contributed by atoms with van der Waals surface area (Å²) in [6.07, 6.45) is 0.955. The second-order valence-corrected chi connectivity index (χ2v) is 6.45. The Bertz CT molecular complexity index is 462. The van der Waals surface area contributed by atoms with Crippen molar-refractivity contribution in [1.82, 2.24) is 10.2 Å². The zero-order chi connectivity index (χ0) is 13.8. The van der Waals surface area contributed by atoms with Crippen molar-refractivity contribution in [2.24, 2.45) is 0 Å². The van der Waals surface area contributed by atoms with Crippen molar-refractivity contribution < 1.29 is 0 Å². The van der Waals surface area contributed by atoms with E-state index in [2.05, 4.69) is 45.7 Å². The Kier molecular flexibility index (Phi) is 10.2. The lowest BCUT2D eigenvalue weighted by molar-refractivity contribution is 0.172. The van der Waals surface area contributed by atoms with Crippen LogP contribution < -0.4 is 5.32 Å². The summed E-state index contributed by atoms with van der Waals surface area (Å²) in [4.78, 5) is 2.50. The molecule has 0 amide bonds. The van der Waals surface area contributed by atoms with Crippen LogP contribution in [0.15, 0.2) is 34.8 Å². The molecule has 1 aromatic rings. The lowest BCUT2D eigenvalue weighted by atomic mass is 9.98. The van der Waals surface area contributed by atoms with E-state index in [9.17, 15) is 0 Å². The van der Waals surface area contributed by atoms with Crippen LogP contribution in [0.4, 0.5) is 0 Å². The molecule has 0 aliphatic carbocycles. The van der Waals surface area contributed by atoms with Gasteiger partial charge in [0.15, 0.2) is 0 Å². The molecule has 1 fully saturated rings. The van der Waals surface area contributed by atoms with Crippen LogP contribution in [0.2, 0.25) is 5.02 Å². The molecule has 0 unspecified atom stereocenters. The van der Waals surface area contributed by atoms with Gasteiger partial charge in [0, 0.05) is 41.7 Å². The van der Waals surface area contributed by atoms with Gasteiger partial charge in [0.2, 0.25) is 0 Å². The van der Waals surface area contributed by atoms with Crippen molar-refractivity contribution in [2.75, 3.05) is 26.2 Å². The molecule has 120 valence electrons. The predicted octanol–water partition coefficient (Wildman–Crippen LogP) is 4.86. The van der Waals surface area contributed by atoms with Crippen LogP contribution in [0.5, 0.6) is 0 Å². The van der Waals surface area contributed by atoms with Crippen LogP contribution in [0.3, 0.4) is 0 Å². The van der Waals surface area contributed by atoms with Crippen molar-refractivity contribution >= 4 is 52.3 Å². The number of rotatable bonds is 4. The number of piperazine rings is 1.